The van der Waals surface area contributed by atoms with E-state index in [-0.39, 0.29) is 0 Å². The van der Waals surface area contributed by atoms with Crippen LogP contribution in [0.2, 0.25) is 0 Å². The van der Waals surface area contributed by atoms with Crippen LogP contribution in [0.25, 0.3) is 0 Å². The Kier molecular flexibility index (Phi) is 3.87. The van der Waals surface area contributed by atoms with Gasteiger partial charge in [-0.1, -0.05) is 26.8 Å². The Morgan fingerprint density at radius 1 is 1.50 bits per heavy atom. The van der Waals surface area contributed by atoms with Crippen molar-refractivity contribution in [2.45, 2.75) is 32.1 Å². The fraction of sp³-hybridized carbons (Fsp3) is 0.533. The largest absolute Gasteiger partial charge is 0.384 e. The van der Waals surface area contributed by atoms with Gasteiger partial charge >= 0.3 is 0 Å². The lowest BCUT2D eigenvalue weighted by molar-refractivity contribution is 0.573. The summed E-state index contributed by atoms with van der Waals surface area (Å²) in [6, 6.07) is 8.39. The molecule has 0 radical (unpaired) electrons. The molecule has 1 aromatic rings. The lowest BCUT2D eigenvalue weighted by atomic mass is 10.1. The number of nitrogens with zero attached hydrogens (tertiary/aromatic N) is 1. The summed E-state index contributed by atoms with van der Waals surface area (Å²) in [5.41, 5.74) is 2.26. The monoisotopic (exact) mass is 260 g/mol. The highest BCUT2D eigenvalue weighted by molar-refractivity contribution is 7.99. The third kappa shape index (κ3) is 2.81. The number of nitriles is 1. The number of hydrogen-bond acceptors (Lipinski definition) is 3. The van der Waals surface area contributed by atoms with Crippen molar-refractivity contribution < 1.29 is 0 Å². The molecule has 18 heavy (non-hydrogen) atoms. The Morgan fingerprint density at radius 2 is 2.22 bits per heavy atom. The molecule has 0 amide bonds. The van der Waals surface area contributed by atoms with E-state index in [0.717, 1.165) is 34.4 Å². The van der Waals surface area contributed by atoms with Crippen LogP contribution in [0.3, 0.4) is 0 Å². The highest BCUT2D eigenvalue weighted by Crippen LogP contribution is 2.51. The van der Waals surface area contributed by atoms with Gasteiger partial charge in [0.05, 0.1) is 11.3 Å². The minimum atomic E-state index is 0.482. The van der Waals surface area contributed by atoms with Gasteiger partial charge in [0, 0.05) is 11.4 Å². The van der Waals surface area contributed by atoms with Crippen LogP contribution in [0.15, 0.2) is 23.1 Å². The first-order valence-electron chi connectivity index (χ1n) is 6.48. The lowest BCUT2D eigenvalue weighted by Gasteiger charge is -2.11. The zero-order valence-corrected chi connectivity index (χ0v) is 12.1. The molecule has 0 aliphatic heterocycles. The minimum absolute atomic E-state index is 0.482. The molecule has 1 aromatic carbocycles. The quantitative estimate of drug-likeness (QED) is 0.809. The summed E-state index contributed by atoms with van der Waals surface area (Å²) in [6.07, 6.45) is 1.28. The van der Waals surface area contributed by atoms with Crippen LogP contribution in [-0.4, -0.2) is 12.3 Å². The Labute approximate surface area is 114 Å². The summed E-state index contributed by atoms with van der Waals surface area (Å²) >= 11 is 1.73. The van der Waals surface area contributed by atoms with Gasteiger partial charge in [-0.05, 0) is 35.6 Å². The van der Waals surface area contributed by atoms with Crippen LogP contribution < -0.4 is 5.32 Å². The zero-order chi connectivity index (χ0) is 13.2. The van der Waals surface area contributed by atoms with Crippen molar-refractivity contribution in [1.29, 1.82) is 5.26 Å². The molecule has 1 unspecified atom stereocenters. The lowest BCUT2D eigenvalue weighted by Crippen LogP contribution is -2.08. The molecule has 1 aliphatic carbocycles. The SMILES string of the molecule is CCSc1cccc(NCC2CC2(C)C)c1C#N. The van der Waals surface area contributed by atoms with Crippen LogP contribution in [0.5, 0.6) is 0 Å². The molecule has 0 saturated heterocycles. The second-order valence-electron chi connectivity index (χ2n) is 5.49. The van der Waals surface area contributed by atoms with Crippen molar-refractivity contribution in [2.24, 2.45) is 11.3 Å². The Balaban J connectivity index is 2.08. The van der Waals surface area contributed by atoms with Crippen LogP contribution in [0.1, 0.15) is 32.8 Å². The van der Waals surface area contributed by atoms with Gasteiger partial charge in [-0.25, -0.2) is 0 Å². The van der Waals surface area contributed by atoms with Gasteiger partial charge in [-0.2, -0.15) is 5.26 Å². The average Bonchev–Trinajstić information content (AvgIpc) is 2.95. The maximum absolute atomic E-state index is 9.31. The number of hydrogen-bond donors (Lipinski definition) is 1. The molecule has 1 N–H and O–H groups in total. The van der Waals surface area contributed by atoms with E-state index in [0.29, 0.717) is 5.41 Å². The first kappa shape index (κ1) is 13.3. The third-order valence-corrected chi connectivity index (χ3v) is 4.63. The summed E-state index contributed by atoms with van der Waals surface area (Å²) in [5, 5.41) is 12.8. The summed E-state index contributed by atoms with van der Waals surface area (Å²) < 4.78 is 0. The van der Waals surface area contributed by atoms with Gasteiger partial charge in [0.1, 0.15) is 6.07 Å². The van der Waals surface area contributed by atoms with Crippen LogP contribution in [-0.2, 0) is 0 Å². The van der Waals surface area contributed by atoms with E-state index in [1.165, 1.54) is 6.42 Å². The Hall–Kier alpha value is -1.14. The van der Waals surface area contributed by atoms with E-state index in [1.54, 1.807) is 11.8 Å². The fourth-order valence-electron chi connectivity index (χ4n) is 2.23. The molecule has 1 fully saturated rings. The number of rotatable bonds is 5. The molecule has 0 spiro atoms. The molecule has 1 saturated carbocycles. The van der Waals surface area contributed by atoms with Crippen molar-refractivity contribution in [3.63, 3.8) is 0 Å². The van der Waals surface area contributed by atoms with Crippen molar-refractivity contribution in [1.82, 2.24) is 0 Å². The first-order valence-corrected chi connectivity index (χ1v) is 7.47. The van der Waals surface area contributed by atoms with Gasteiger partial charge < -0.3 is 5.32 Å². The summed E-state index contributed by atoms with van der Waals surface area (Å²) in [4.78, 5) is 1.08. The topological polar surface area (TPSA) is 35.8 Å². The van der Waals surface area contributed by atoms with Crippen LogP contribution >= 0.6 is 11.8 Å². The zero-order valence-electron chi connectivity index (χ0n) is 11.3. The maximum Gasteiger partial charge on any atom is 0.102 e. The second-order valence-corrected chi connectivity index (χ2v) is 6.80. The van der Waals surface area contributed by atoms with E-state index < -0.39 is 0 Å². The molecule has 2 nitrogen and oxygen atoms in total. The predicted octanol–water partition coefficient (Wildman–Crippen LogP) is 4.13. The van der Waals surface area contributed by atoms with Crippen molar-refractivity contribution in [3.8, 4) is 6.07 Å². The molecule has 0 aromatic heterocycles. The molecular weight excluding hydrogens is 240 g/mol. The minimum Gasteiger partial charge on any atom is -0.384 e. The van der Waals surface area contributed by atoms with Crippen LogP contribution in [0.4, 0.5) is 5.69 Å². The molecule has 2 rings (SSSR count). The molecule has 0 bridgehead atoms. The van der Waals surface area contributed by atoms with Gasteiger partial charge in [0.25, 0.3) is 0 Å². The number of anilines is 1. The summed E-state index contributed by atoms with van der Waals surface area (Å²) in [7, 11) is 0. The molecule has 0 heterocycles. The third-order valence-electron chi connectivity index (χ3n) is 3.69. The van der Waals surface area contributed by atoms with E-state index in [4.69, 9.17) is 0 Å². The number of nitrogens with one attached hydrogen (secondary N) is 1. The Bertz CT molecular complexity index is 474. The molecule has 1 atom stereocenters. The molecule has 3 heteroatoms. The van der Waals surface area contributed by atoms with E-state index in [2.05, 4.69) is 32.2 Å². The summed E-state index contributed by atoms with van der Waals surface area (Å²) in [6.45, 7) is 7.68. The summed E-state index contributed by atoms with van der Waals surface area (Å²) in [5.74, 6) is 1.74. The average molecular weight is 260 g/mol. The van der Waals surface area contributed by atoms with Gasteiger partial charge in [-0.15, -0.1) is 11.8 Å². The number of thioether (sulfide) groups is 1. The molecule has 1 aliphatic rings. The normalized spacial score (nSPS) is 20.2. The van der Waals surface area contributed by atoms with Crippen molar-refractivity contribution >= 4 is 17.4 Å². The van der Waals surface area contributed by atoms with E-state index >= 15 is 0 Å². The Morgan fingerprint density at radius 3 is 2.78 bits per heavy atom. The van der Waals surface area contributed by atoms with Crippen molar-refractivity contribution in [2.75, 3.05) is 17.6 Å². The smallest absolute Gasteiger partial charge is 0.102 e. The second kappa shape index (κ2) is 5.24. The molecule has 96 valence electrons. The first-order chi connectivity index (χ1) is 8.58. The van der Waals surface area contributed by atoms with E-state index in [1.807, 2.05) is 18.2 Å². The molecular formula is C15H20N2S. The fourth-order valence-corrected chi connectivity index (χ4v) is 3.01. The number of benzene rings is 1. The highest BCUT2D eigenvalue weighted by atomic mass is 32.2. The standard InChI is InChI=1S/C15H20N2S/c1-4-18-14-7-5-6-13(12(14)9-16)17-10-11-8-15(11,2)3/h5-7,11,17H,4,8,10H2,1-3H3. The maximum atomic E-state index is 9.31. The predicted molar refractivity (Wildman–Crippen MR) is 77.9 cm³/mol. The van der Waals surface area contributed by atoms with Crippen molar-refractivity contribution in [3.05, 3.63) is 23.8 Å². The van der Waals surface area contributed by atoms with E-state index in [9.17, 15) is 5.26 Å². The van der Waals surface area contributed by atoms with Gasteiger partial charge in [-0.3, -0.25) is 0 Å². The highest BCUT2D eigenvalue weighted by Gasteiger charge is 2.44. The van der Waals surface area contributed by atoms with Gasteiger partial charge in [0.15, 0.2) is 0 Å². The van der Waals surface area contributed by atoms with Gasteiger partial charge in [0.2, 0.25) is 0 Å². The van der Waals surface area contributed by atoms with Crippen LogP contribution in [0, 0.1) is 22.7 Å².